The predicted molar refractivity (Wildman–Crippen MR) is 74.9 cm³/mol. The molecule has 102 valence electrons. The van der Waals surface area contributed by atoms with E-state index in [9.17, 15) is 9.90 Å². The van der Waals surface area contributed by atoms with Crippen molar-refractivity contribution in [2.45, 2.75) is 25.8 Å². The molecule has 4 nitrogen and oxygen atoms in total. The van der Waals surface area contributed by atoms with Crippen molar-refractivity contribution in [3.8, 4) is 0 Å². The molecule has 2 heterocycles. The number of rotatable bonds is 2. The van der Waals surface area contributed by atoms with Crippen LogP contribution in [0.15, 0.2) is 18.2 Å². The lowest BCUT2D eigenvalue weighted by molar-refractivity contribution is 0.0696. The Hall–Kier alpha value is -1.55. The van der Waals surface area contributed by atoms with Gasteiger partial charge in [-0.3, -0.25) is 4.90 Å². The van der Waals surface area contributed by atoms with E-state index >= 15 is 0 Å². The lowest BCUT2D eigenvalue weighted by atomic mass is 10.1. The molecule has 0 saturated carbocycles. The molecular formula is C15H20N2O2. The SMILES string of the molecule is Cc1ccc(N2CCN3CCCC3C2)cc1C(=O)O. The maximum absolute atomic E-state index is 11.2. The summed E-state index contributed by atoms with van der Waals surface area (Å²) in [5.41, 5.74) is 2.30. The molecule has 2 aliphatic rings. The van der Waals surface area contributed by atoms with Crippen LogP contribution in [0.25, 0.3) is 0 Å². The summed E-state index contributed by atoms with van der Waals surface area (Å²) >= 11 is 0. The molecule has 0 amide bonds. The largest absolute Gasteiger partial charge is 0.478 e. The van der Waals surface area contributed by atoms with Gasteiger partial charge in [-0.1, -0.05) is 6.07 Å². The molecule has 4 heteroatoms. The van der Waals surface area contributed by atoms with E-state index < -0.39 is 5.97 Å². The van der Waals surface area contributed by atoms with Crippen molar-refractivity contribution in [1.29, 1.82) is 0 Å². The Bertz CT molecular complexity index is 501. The van der Waals surface area contributed by atoms with Crippen molar-refractivity contribution >= 4 is 11.7 Å². The smallest absolute Gasteiger partial charge is 0.336 e. The minimum absolute atomic E-state index is 0.423. The van der Waals surface area contributed by atoms with Gasteiger partial charge in [-0.2, -0.15) is 0 Å². The van der Waals surface area contributed by atoms with Crippen molar-refractivity contribution in [3.63, 3.8) is 0 Å². The van der Waals surface area contributed by atoms with Gasteiger partial charge in [-0.15, -0.1) is 0 Å². The summed E-state index contributed by atoms with van der Waals surface area (Å²) in [6.45, 7) is 6.20. The Kier molecular flexibility index (Phi) is 3.19. The highest BCUT2D eigenvalue weighted by atomic mass is 16.4. The molecule has 2 saturated heterocycles. The first kappa shape index (κ1) is 12.5. The van der Waals surface area contributed by atoms with Gasteiger partial charge in [0.2, 0.25) is 0 Å². The van der Waals surface area contributed by atoms with E-state index in [0.717, 1.165) is 30.9 Å². The van der Waals surface area contributed by atoms with Gasteiger partial charge in [0.1, 0.15) is 0 Å². The molecule has 1 unspecified atom stereocenters. The molecule has 2 fully saturated rings. The summed E-state index contributed by atoms with van der Waals surface area (Å²) in [5, 5.41) is 9.21. The fourth-order valence-electron chi connectivity index (χ4n) is 3.26. The number of nitrogens with zero attached hydrogens (tertiary/aromatic N) is 2. The van der Waals surface area contributed by atoms with Crippen LogP contribution in [0.5, 0.6) is 0 Å². The molecule has 2 aliphatic heterocycles. The lowest BCUT2D eigenvalue weighted by Gasteiger charge is -2.39. The Labute approximate surface area is 113 Å². The predicted octanol–water partition coefficient (Wildman–Crippen LogP) is 1.98. The van der Waals surface area contributed by atoms with Crippen LogP contribution in [0.3, 0.4) is 0 Å². The highest BCUT2D eigenvalue weighted by molar-refractivity contribution is 5.90. The summed E-state index contributed by atoms with van der Waals surface area (Å²) in [7, 11) is 0. The molecule has 0 radical (unpaired) electrons. The zero-order chi connectivity index (χ0) is 13.4. The van der Waals surface area contributed by atoms with Crippen LogP contribution in [0.1, 0.15) is 28.8 Å². The topological polar surface area (TPSA) is 43.8 Å². The second kappa shape index (κ2) is 4.85. The normalized spacial score (nSPS) is 23.4. The number of fused-ring (bicyclic) bond motifs is 1. The molecule has 0 aromatic heterocycles. The Balaban J connectivity index is 1.82. The molecule has 3 rings (SSSR count). The quantitative estimate of drug-likeness (QED) is 0.883. The van der Waals surface area contributed by atoms with E-state index in [-0.39, 0.29) is 0 Å². The molecule has 19 heavy (non-hydrogen) atoms. The van der Waals surface area contributed by atoms with Gasteiger partial charge in [0.15, 0.2) is 0 Å². The first-order valence-corrected chi connectivity index (χ1v) is 6.98. The number of aryl methyl sites for hydroxylation is 1. The fraction of sp³-hybridized carbons (Fsp3) is 0.533. The second-order valence-corrected chi connectivity index (χ2v) is 5.58. The van der Waals surface area contributed by atoms with E-state index in [0.29, 0.717) is 11.6 Å². The Morgan fingerprint density at radius 2 is 2.16 bits per heavy atom. The maximum atomic E-state index is 11.2. The highest BCUT2D eigenvalue weighted by Crippen LogP contribution is 2.26. The molecule has 1 atom stereocenters. The third-order valence-corrected chi connectivity index (χ3v) is 4.40. The zero-order valence-electron chi connectivity index (χ0n) is 11.3. The van der Waals surface area contributed by atoms with Gasteiger partial charge in [-0.25, -0.2) is 4.79 Å². The molecular weight excluding hydrogens is 240 g/mol. The fourth-order valence-corrected chi connectivity index (χ4v) is 3.26. The maximum Gasteiger partial charge on any atom is 0.336 e. The summed E-state index contributed by atoms with van der Waals surface area (Å²) < 4.78 is 0. The summed E-state index contributed by atoms with van der Waals surface area (Å²) in [5.74, 6) is -0.834. The van der Waals surface area contributed by atoms with Gasteiger partial charge >= 0.3 is 5.97 Å². The van der Waals surface area contributed by atoms with Crippen LogP contribution in [0.2, 0.25) is 0 Å². The van der Waals surface area contributed by atoms with Crippen molar-refractivity contribution in [1.82, 2.24) is 4.90 Å². The minimum Gasteiger partial charge on any atom is -0.478 e. The first-order chi connectivity index (χ1) is 9.15. The van der Waals surface area contributed by atoms with Crippen LogP contribution >= 0.6 is 0 Å². The van der Waals surface area contributed by atoms with E-state index in [2.05, 4.69) is 9.80 Å². The Morgan fingerprint density at radius 3 is 2.95 bits per heavy atom. The standard InChI is InChI=1S/C15H20N2O2/c1-11-4-5-12(9-14(11)15(18)19)17-8-7-16-6-2-3-13(16)10-17/h4-5,9,13H,2-3,6-8,10H2,1H3,(H,18,19). The Morgan fingerprint density at radius 1 is 1.32 bits per heavy atom. The van der Waals surface area contributed by atoms with Crippen LogP contribution in [0.4, 0.5) is 5.69 Å². The third kappa shape index (κ3) is 2.32. The van der Waals surface area contributed by atoms with Crippen LogP contribution in [-0.2, 0) is 0 Å². The number of hydrogen-bond donors (Lipinski definition) is 1. The van der Waals surface area contributed by atoms with Crippen molar-refractivity contribution in [2.24, 2.45) is 0 Å². The van der Waals surface area contributed by atoms with Gasteiger partial charge in [0, 0.05) is 31.4 Å². The zero-order valence-corrected chi connectivity index (χ0v) is 11.3. The first-order valence-electron chi connectivity index (χ1n) is 6.98. The molecule has 1 N–H and O–H groups in total. The van der Waals surface area contributed by atoms with E-state index in [1.165, 1.54) is 19.4 Å². The van der Waals surface area contributed by atoms with E-state index in [1.54, 1.807) is 0 Å². The average molecular weight is 260 g/mol. The highest BCUT2D eigenvalue weighted by Gasteiger charge is 2.30. The lowest BCUT2D eigenvalue weighted by Crippen LogP contribution is -2.50. The van der Waals surface area contributed by atoms with Gasteiger partial charge in [0.05, 0.1) is 5.56 Å². The van der Waals surface area contributed by atoms with E-state index in [4.69, 9.17) is 0 Å². The van der Waals surface area contributed by atoms with Crippen molar-refractivity contribution < 1.29 is 9.90 Å². The average Bonchev–Trinajstić information content (AvgIpc) is 2.86. The molecule has 0 bridgehead atoms. The minimum atomic E-state index is -0.834. The monoisotopic (exact) mass is 260 g/mol. The van der Waals surface area contributed by atoms with Gasteiger partial charge in [-0.05, 0) is 44.0 Å². The number of aromatic carboxylic acids is 1. The van der Waals surface area contributed by atoms with Gasteiger partial charge in [0.25, 0.3) is 0 Å². The van der Waals surface area contributed by atoms with Crippen molar-refractivity contribution in [3.05, 3.63) is 29.3 Å². The molecule has 0 spiro atoms. The number of carboxylic acid groups (broad SMARTS) is 1. The second-order valence-electron chi connectivity index (χ2n) is 5.58. The summed E-state index contributed by atoms with van der Waals surface area (Å²) in [6, 6.07) is 6.44. The summed E-state index contributed by atoms with van der Waals surface area (Å²) in [6.07, 6.45) is 2.57. The number of hydrogen-bond acceptors (Lipinski definition) is 3. The van der Waals surface area contributed by atoms with Crippen molar-refractivity contribution in [2.75, 3.05) is 31.1 Å². The summed E-state index contributed by atoms with van der Waals surface area (Å²) in [4.78, 5) is 16.1. The molecule has 0 aliphatic carbocycles. The number of carboxylic acids is 1. The van der Waals surface area contributed by atoms with E-state index in [1.807, 2.05) is 25.1 Å². The van der Waals surface area contributed by atoms with Crippen LogP contribution in [0, 0.1) is 6.92 Å². The molecule has 1 aromatic rings. The van der Waals surface area contributed by atoms with Crippen LogP contribution in [-0.4, -0.2) is 48.2 Å². The number of carbonyl (C=O) groups is 1. The third-order valence-electron chi connectivity index (χ3n) is 4.40. The van der Waals surface area contributed by atoms with Crippen LogP contribution < -0.4 is 4.90 Å². The molecule has 1 aromatic carbocycles. The number of piperazine rings is 1. The number of anilines is 1. The van der Waals surface area contributed by atoms with Gasteiger partial charge < -0.3 is 10.0 Å². The number of benzene rings is 1.